The first-order valence-corrected chi connectivity index (χ1v) is 12.0. The lowest BCUT2D eigenvalue weighted by atomic mass is 9.99. The van der Waals surface area contributed by atoms with Crippen molar-refractivity contribution in [2.45, 2.75) is 86.9 Å². The molecule has 0 radical (unpaired) electrons. The van der Waals surface area contributed by atoms with E-state index in [1.807, 2.05) is 30.0 Å². The van der Waals surface area contributed by atoms with Crippen LogP contribution in [0.3, 0.4) is 0 Å². The van der Waals surface area contributed by atoms with Crippen LogP contribution in [0.25, 0.3) is 11.0 Å². The molecule has 2 bridgehead atoms. The van der Waals surface area contributed by atoms with Crippen molar-refractivity contribution in [1.29, 1.82) is 0 Å². The second kappa shape index (κ2) is 8.11. The van der Waals surface area contributed by atoms with E-state index in [0.717, 1.165) is 40.4 Å². The summed E-state index contributed by atoms with van der Waals surface area (Å²) in [7, 11) is 0. The predicted octanol–water partition coefficient (Wildman–Crippen LogP) is 5.01. The first-order chi connectivity index (χ1) is 13.8. The van der Waals surface area contributed by atoms with Gasteiger partial charge >= 0.3 is 0 Å². The molecule has 3 fully saturated rings. The molecule has 4 nitrogen and oxygen atoms in total. The van der Waals surface area contributed by atoms with E-state index in [9.17, 15) is 4.79 Å². The van der Waals surface area contributed by atoms with Crippen LogP contribution in [0.15, 0.2) is 28.7 Å². The Balaban J connectivity index is 1.34. The molecule has 150 valence electrons. The van der Waals surface area contributed by atoms with Gasteiger partial charge in [0.15, 0.2) is 5.76 Å². The van der Waals surface area contributed by atoms with E-state index in [1.54, 1.807) is 0 Å². The molecule has 28 heavy (non-hydrogen) atoms. The molecule has 5 heteroatoms. The Labute approximate surface area is 171 Å². The molecule has 2 atom stereocenters. The molecule has 2 N–H and O–H groups in total. The van der Waals surface area contributed by atoms with Crippen LogP contribution in [0.5, 0.6) is 0 Å². The predicted molar refractivity (Wildman–Crippen MR) is 115 cm³/mol. The van der Waals surface area contributed by atoms with Crippen molar-refractivity contribution in [2.75, 3.05) is 0 Å². The summed E-state index contributed by atoms with van der Waals surface area (Å²) in [6, 6.07) is 9.50. The zero-order valence-corrected chi connectivity index (χ0v) is 17.2. The minimum Gasteiger partial charge on any atom is -0.451 e. The fourth-order valence-electron chi connectivity index (χ4n) is 5.28. The normalized spacial score (nSPS) is 27.9. The van der Waals surface area contributed by atoms with Crippen LogP contribution in [0, 0.1) is 0 Å². The Morgan fingerprint density at radius 1 is 1.07 bits per heavy atom. The number of furan rings is 1. The van der Waals surface area contributed by atoms with E-state index >= 15 is 0 Å². The molecular formula is C23H30N2O2S. The number of hydrogen-bond donors (Lipinski definition) is 2. The van der Waals surface area contributed by atoms with E-state index in [2.05, 4.69) is 16.7 Å². The fraction of sp³-hybridized carbons (Fsp3) is 0.609. The van der Waals surface area contributed by atoms with Crippen LogP contribution < -0.4 is 10.6 Å². The van der Waals surface area contributed by atoms with Gasteiger partial charge in [0.05, 0.1) is 0 Å². The quantitative estimate of drug-likeness (QED) is 0.743. The van der Waals surface area contributed by atoms with Crippen LogP contribution in [0.4, 0.5) is 0 Å². The maximum Gasteiger partial charge on any atom is 0.287 e. The van der Waals surface area contributed by atoms with Gasteiger partial charge in [-0.25, -0.2) is 0 Å². The summed E-state index contributed by atoms with van der Waals surface area (Å²) >= 11 is 2.01. The highest BCUT2D eigenvalue weighted by Crippen LogP contribution is 2.35. The number of rotatable bonds is 5. The Morgan fingerprint density at radius 3 is 2.61 bits per heavy atom. The van der Waals surface area contributed by atoms with Crippen molar-refractivity contribution >= 4 is 28.6 Å². The molecule has 1 aromatic carbocycles. The SMILES string of the molecule is O=C(NC1CC2CCC(C1)N2)c1oc2ccccc2c1CSC1CCCCC1. The Bertz CT molecular complexity index is 830. The number of carbonyl (C=O) groups excluding carboxylic acids is 1. The summed E-state index contributed by atoms with van der Waals surface area (Å²) < 4.78 is 6.07. The van der Waals surface area contributed by atoms with Gasteiger partial charge in [0.2, 0.25) is 0 Å². The molecular weight excluding hydrogens is 368 g/mol. The average molecular weight is 399 g/mol. The highest BCUT2D eigenvalue weighted by Gasteiger charge is 2.35. The van der Waals surface area contributed by atoms with Crippen molar-refractivity contribution in [3.05, 3.63) is 35.6 Å². The van der Waals surface area contributed by atoms with Crippen molar-refractivity contribution in [3.8, 4) is 0 Å². The molecule has 2 aromatic rings. The topological polar surface area (TPSA) is 54.3 Å². The first-order valence-electron chi connectivity index (χ1n) is 10.9. The zero-order chi connectivity index (χ0) is 18.9. The van der Waals surface area contributed by atoms with Gasteiger partial charge in [-0.05, 0) is 44.6 Å². The number of hydrogen-bond acceptors (Lipinski definition) is 4. The van der Waals surface area contributed by atoms with Gasteiger partial charge in [-0.3, -0.25) is 4.79 Å². The first kappa shape index (κ1) is 18.6. The molecule has 2 aliphatic heterocycles. The van der Waals surface area contributed by atoms with Crippen molar-refractivity contribution in [1.82, 2.24) is 10.6 Å². The van der Waals surface area contributed by atoms with E-state index in [0.29, 0.717) is 17.8 Å². The second-order valence-corrected chi connectivity index (χ2v) is 10.0. The molecule has 3 heterocycles. The van der Waals surface area contributed by atoms with Gasteiger partial charge < -0.3 is 15.1 Å². The Hall–Kier alpha value is -1.46. The Kier molecular flexibility index (Phi) is 5.38. The molecule has 1 amide bonds. The summed E-state index contributed by atoms with van der Waals surface area (Å²) in [6.45, 7) is 0. The number of amides is 1. The monoisotopic (exact) mass is 398 g/mol. The fourth-order valence-corrected chi connectivity index (χ4v) is 6.64. The molecule has 1 aliphatic carbocycles. The molecule has 1 saturated carbocycles. The zero-order valence-electron chi connectivity index (χ0n) is 16.4. The number of carbonyl (C=O) groups is 1. The van der Waals surface area contributed by atoms with E-state index < -0.39 is 0 Å². The lowest BCUT2D eigenvalue weighted by Gasteiger charge is -2.29. The summed E-state index contributed by atoms with van der Waals surface area (Å²) in [5.41, 5.74) is 1.91. The number of nitrogens with one attached hydrogen (secondary N) is 2. The third-order valence-electron chi connectivity index (χ3n) is 6.73. The third-order valence-corrected chi connectivity index (χ3v) is 8.13. The lowest BCUT2D eigenvalue weighted by Crippen LogP contribution is -2.48. The highest BCUT2D eigenvalue weighted by molar-refractivity contribution is 7.99. The minimum absolute atomic E-state index is 0.0262. The van der Waals surface area contributed by atoms with Crippen LogP contribution in [0.2, 0.25) is 0 Å². The van der Waals surface area contributed by atoms with Gasteiger partial charge in [-0.15, -0.1) is 0 Å². The summed E-state index contributed by atoms with van der Waals surface area (Å²) in [5.74, 6) is 1.37. The minimum atomic E-state index is -0.0262. The maximum absolute atomic E-state index is 13.2. The number of fused-ring (bicyclic) bond motifs is 3. The molecule has 2 saturated heterocycles. The summed E-state index contributed by atoms with van der Waals surface area (Å²) in [4.78, 5) is 13.2. The van der Waals surface area contributed by atoms with Crippen molar-refractivity contribution in [2.24, 2.45) is 0 Å². The van der Waals surface area contributed by atoms with Gasteiger partial charge in [0.25, 0.3) is 5.91 Å². The Morgan fingerprint density at radius 2 is 1.82 bits per heavy atom. The van der Waals surface area contributed by atoms with Gasteiger partial charge in [0, 0.05) is 40.1 Å². The molecule has 0 spiro atoms. The maximum atomic E-state index is 13.2. The largest absolute Gasteiger partial charge is 0.451 e. The number of benzene rings is 1. The standard InChI is InChI=1S/C23H30N2O2S/c26-23(25-17-12-15-10-11-16(13-17)24-15)22-20(14-28-18-6-2-1-3-7-18)19-8-4-5-9-21(19)27-22/h4-5,8-9,15-18,24H,1-3,6-7,10-14H2,(H,25,26). The van der Waals surface area contributed by atoms with E-state index in [-0.39, 0.29) is 11.9 Å². The van der Waals surface area contributed by atoms with Crippen LogP contribution in [0.1, 0.15) is 73.9 Å². The van der Waals surface area contributed by atoms with Gasteiger partial charge in [-0.2, -0.15) is 11.8 Å². The van der Waals surface area contributed by atoms with Crippen molar-refractivity contribution < 1.29 is 9.21 Å². The van der Waals surface area contributed by atoms with Crippen LogP contribution in [-0.4, -0.2) is 29.3 Å². The molecule has 1 aromatic heterocycles. The van der Waals surface area contributed by atoms with E-state index in [4.69, 9.17) is 4.42 Å². The summed E-state index contributed by atoms with van der Waals surface area (Å²) in [5, 5.41) is 8.76. The van der Waals surface area contributed by atoms with Gasteiger partial charge in [0.1, 0.15) is 5.58 Å². The van der Waals surface area contributed by atoms with Gasteiger partial charge in [-0.1, -0.05) is 37.5 Å². The molecule has 3 aliphatic rings. The number of piperidine rings is 1. The second-order valence-electron chi connectivity index (χ2n) is 8.76. The molecule has 2 unspecified atom stereocenters. The lowest BCUT2D eigenvalue weighted by molar-refractivity contribution is 0.0897. The van der Waals surface area contributed by atoms with E-state index in [1.165, 1.54) is 44.9 Å². The average Bonchev–Trinajstić information content (AvgIpc) is 3.26. The van der Waals surface area contributed by atoms with Crippen molar-refractivity contribution in [3.63, 3.8) is 0 Å². The number of thioether (sulfide) groups is 1. The number of para-hydroxylation sites is 1. The smallest absolute Gasteiger partial charge is 0.287 e. The van der Waals surface area contributed by atoms with Crippen LogP contribution in [-0.2, 0) is 5.75 Å². The third kappa shape index (κ3) is 3.84. The highest BCUT2D eigenvalue weighted by atomic mass is 32.2. The summed E-state index contributed by atoms with van der Waals surface area (Å²) in [6.07, 6.45) is 11.2. The van der Waals surface area contributed by atoms with Crippen LogP contribution >= 0.6 is 11.8 Å². The molecule has 5 rings (SSSR count).